The van der Waals surface area contributed by atoms with Gasteiger partial charge >= 0.3 is 0 Å². The van der Waals surface area contributed by atoms with Gasteiger partial charge in [-0.1, -0.05) is 24.3 Å². The monoisotopic (exact) mass is 257 g/mol. The average molecular weight is 258 g/mol. The van der Waals surface area contributed by atoms with Crippen LogP contribution in [-0.4, -0.2) is 18.5 Å². The van der Waals surface area contributed by atoms with Gasteiger partial charge in [0.2, 0.25) is 0 Å². The third kappa shape index (κ3) is 3.22. The molecule has 16 heavy (non-hydrogen) atoms. The van der Waals surface area contributed by atoms with Crippen molar-refractivity contribution < 1.29 is 0 Å². The highest BCUT2D eigenvalue weighted by Crippen LogP contribution is 2.60. The van der Waals surface area contributed by atoms with Gasteiger partial charge in [-0.25, -0.2) is 0 Å². The third-order valence-electron chi connectivity index (χ3n) is 3.78. The molecule has 0 unspecified atom stereocenters. The first-order valence-corrected chi connectivity index (χ1v) is 9.25. The van der Waals surface area contributed by atoms with Crippen LogP contribution >= 0.6 is 18.9 Å². The molecule has 0 N–H and O–H groups in total. The Labute approximate surface area is 106 Å². The Kier molecular flexibility index (Phi) is 5.79. The van der Waals surface area contributed by atoms with Gasteiger partial charge < -0.3 is 0 Å². The largest absolute Gasteiger partial charge is 0.122 e. The van der Waals surface area contributed by atoms with Gasteiger partial charge in [0.05, 0.1) is 24.6 Å². The number of benzene rings is 1. The molecule has 0 nitrogen and oxygen atoms in total. The first-order chi connectivity index (χ1) is 7.71. The minimum atomic E-state index is -0.760. The lowest BCUT2D eigenvalue weighted by Crippen LogP contribution is -2.07. The van der Waals surface area contributed by atoms with E-state index in [4.69, 9.17) is 11.6 Å². The highest BCUT2D eigenvalue weighted by atomic mass is 35.5. The van der Waals surface area contributed by atoms with Crippen molar-refractivity contribution in [2.24, 2.45) is 0 Å². The summed E-state index contributed by atoms with van der Waals surface area (Å²) in [6.45, 7) is 7.05. The summed E-state index contributed by atoms with van der Waals surface area (Å²) in [6.07, 6.45) is 5.35. The molecular formula is C14H23ClP+. The minimum absolute atomic E-state index is 0.646. The van der Waals surface area contributed by atoms with Crippen molar-refractivity contribution in [1.29, 1.82) is 0 Å². The van der Waals surface area contributed by atoms with Gasteiger partial charge in [-0.2, -0.15) is 0 Å². The molecule has 0 fully saturated rings. The summed E-state index contributed by atoms with van der Waals surface area (Å²) < 4.78 is 0. The Morgan fingerprint density at radius 3 is 1.88 bits per heavy atom. The van der Waals surface area contributed by atoms with Crippen LogP contribution in [0.2, 0.25) is 0 Å². The number of rotatable bonds is 6. The minimum Gasteiger partial charge on any atom is -0.122 e. The molecule has 0 spiro atoms. The second kappa shape index (κ2) is 6.62. The van der Waals surface area contributed by atoms with E-state index >= 15 is 0 Å². The number of hydrogen-bond acceptors (Lipinski definition) is 0. The number of alkyl halides is 1. The fourth-order valence-electron chi connectivity index (χ4n) is 2.21. The second-order valence-electron chi connectivity index (χ2n) is 4.35. The molecule has 0 saturated carbocycles. The molecule has 1 rings (SSSR count). The zero-order valence-electron chi connectivity index (χ0n) is 10.7. The standard InChI is InChI=1S/C14H23ClP/c1-4-16(5-2,6-3)12-14-10-8-7-9-13(14)11-15/h7-10H,4-6,11-12H2,1-3H3/q+1. The van der Waals surface area contributed by atoms with Crippen LogP contribution in [-0.2, 0) is 12.0 Å². The summed E-state index contributed by atoms with van der Waals surface area (Å²) in [5, 5.41) is 0. The van der Waals surface area contributed by atoms with Gasteiger partial charge in [0, 0.05) is 13.1 Å². The molecule has 0 bridgehead atoms. The van der Waals surface area contributed by atoms with Gasteiger partial charge in [0.25, 0.3) is 0 Å². The van der Waals surface area contributed by atoms with Crippen LogP contribution in [0.25, 0.3) is 0 Å². The molecule has 0 aliphatic rings. The third-order valence-corrected chi connectivity index (χ3v) is 9.10. The Morgan fingerprint density at radius 2 is 1.44 bits per heavy atom. The van der Waals surface area contributed by atoms with Crippen molar-refractivity contribution in [3.8, 4) is 0 Å². The zero-order chi connectivity index (χ0) is 12.0. The fourth-order valence-corrected chi connectivity index (χ4v) is 5.51. The van der Waals surface area contributed by atoms with E-state index in [1.807, 2.05) is 0 Å². The molecule has 0 heterocycles. The van der Waals surface area contributed by atoms with Crippen molar-refractivity contribution in [2.75, 3.05) is 18.5 Å². The van der Waals surface area contributed by atoms with Gasteiger partial charge in [-0.3, -0.25) is 0 Å². The van der Waals surface area contributed by atoms with Crippen molar-refractivity contribution in [3.63, 3.8) is 0 Å². The predicted octanol–water partition coefficient (Wildman–Crippen LogP) is 5.00. The van der Waals surface area contributed by atoms with Gasteiger partial charge in [-0.15, -0.1) is 11.6 Å². The molecule has 2 heteroatoms. The van der Waals surface area contributed by atoms with E-state index < -0.39 is 7.26 Å². The number of halogens is 1. The molecular weight excluding hydrogens is 235 g/mol. The molecule has 0 amide bonds. The summed E-state index contributed by atoms with van der Waals surface area (Å²) in [5.41, 5.74) is 2.81. The maximum Gasteiger partial charge on any atom is 0.0845 e. The molecule has 0 aromatic heterocycles. The van der Waals surface area contributed by atoms with E-state index in [2.05, 4.69) is 45.0 Å². The summed E-state index contributed by atoms with van der Waals surface area (Å²) in [5.74, 6) is 0.646. The van der Waals surface area contributed by atoms with Crippen LogP contribution in [0.1, 0.15) is 31.9 Å². The topological polar surface area (TPSA) is 0 Å². The van der Waals surface area contributed by atoms with E-state index in [0.717, 1.165) is 0 Å². The molecule has 1 aromatic rings. The summed E-state index contributed by atoms with van der Waals surface area (Å²) in [6, 6.07) is 8.65. The Balaban J connectivity index is 2.93. The van der Waals surface area contributed by atoms with Gasteiger partial charge in [0.15, 0.2) is 0 Å². The molecule has 1 aromatic carbocycles. The summed E-state index contributed by atoms with van der Waals surface area (Å²) >= 11 is 6.00. The summed E-state index contributed by atoms with van der Waals surface area (Å²) in [7, 11) is -0.760. The lowest BCUT2D eigenvalue weighted by molar-refractivity contribution is 1.19. The molecule has 0 aliphatic carbocycles. The van der Waals surface area contributed by atoms with Crippen molar-refractivity contribution >= 4 is 18.9 Å². The smallest absolute Gasteiger partial charge is 0.0845 e. The maximum atomic E-state index is 6.00. The summed E-state index contributed by atoms with van der Waals surface area (Å²) in [4.78, 5) is 0. The predicted molar refractivity (Wildman–Crippen MR) is 78.2 cm³/mol. The molecule has 0 saturated heterocycles. The maximum absolute atomic E-state index is 6.00. The molecule has 90 valence electrons. The Hall–Kier alpha value is -0.0600. The number of hydrogen-bond donors (Lipinski definition) is 0. The lowest BCUT2D eigenvalue weighted by atomic mass is 10.1. The van der Waals surface area contributed by atoms with Crippen LogP contribution in [0.5, 0.6) is 0 Å². The second-order valence-corrected chi connectivity index (χ2v) is 9.51. The highest BCUT2D eigenvalue weighted by molar-refractivity contribution is 7.75. The van der Waals surface area contributed by atoms with E-state index in [1.54, 1.807) is 0 Å². The SMILES string of the molecule is CC[P+](CC)(CC)Cc1ccccc1CCl. The van der Waals surface area contributed by atoms with Gasteiger partial charge in [0.1, 0.15) is 0 Å². The van der Waals surface area contributed by atoms with E-state index in [-0.39, 0.29) is 0 Å². The first kappa shape index (κ1) is 14.0. The van der Waals surface area contributed by atoms with Crippen molar-refractivity contribution in [3.05, 3.63) is 35.4 Å². The van der Waals surface area contributed by atoms with E-state index in [1.165, 1.54) is 35.8 Å². The molecule has 0 aliphatic heterocycles. The van der Waals surface area contributed by atoms with Crippen LogP contribution in [0.3, 0.4) is 0 Å². The average Bonchev–Trinajstić information content (AvgIpc) is 2.36. The van der Waals surface area contributed by atoms with Crippen molar-refractivity contribution in [1.82, 2.24) is 0 Å². The fraction of sp³-hybridized carbons (Fsp3) is 0.571. The molecule has 0 radical (unpaired) electrons. The zero-order valence-corrected chi connectivity index (χ0v) is 12.3. The normalized spacial score (nSPS) is 11.8. The van der Waals surface area contributed by atoms with E-state index in [9.17, 15) is 0 Å². The Morgan fingerprint density at radius 1 is 0.938 bits per heavy atom. The van der Waals surface area contributed by atoms with Crippen LogP contribution < -0.4 is 0 Å². The van der Waals surface area contributed by atoms with Gasteiger partial charge in [-0.05, 0) is 31.9 Å². The first-order valence-electron chi connectivity index (χ1n) is 6.19. The van der Waals surface area contributed by atoms with Crippen LogP contribution in [0, 0.1) is 0 Å². The van der Waals surface area contributed by atoms with Crippen LogP contribution in [0.4, 0.5) is 0 Å². The quantitative estimate of drug-likeness (QED) is 0.497. The molecule has 0 atom stereocenters. The Bertz CT molecular complexity index is 310. The van der Waals surface area contributed by atoms with Crippen LogP contribution in [0.15, 0.2) is 24.3 Å². The van der Waals surface area contributed by atoms with Crippen molar-refractivity contribution in [2.45, 2.75) is 32.8 Å². The van der Waals surface area contributed by atoms with E-state index in [0.29, 0.717) is 5.88 Å². The lowest BCUT2D eigenvalue weighted by Gasteiger charge is -2.24. The highest BCUT2D eigenvalue weighted by Gasteiger charge is 2.31.